The molecule has 0 saturated heterocycles. The van der Waals surface area contributed by atoms with Crippen LogP contribution in [-0.2, 0) is 6.54 Å². The van der Waals surface area contributed by atoms with Crippen LogP contribution in [-0.4, -0.2) is 43.7 Å². The number of rotatable bonds is 9. The monoisotopic (exact) mass is 279 g/mol. The van der Waals surface area contributed by atoms with E-state index in [2.05, 4.69) is 49.2 Å². The molecule has 0 unspecified atom stereocenters. The molecule has 0 radical (unpaired) electrons. The summed E-state index contributed by atoms with van der Waals surface area (Å²) in [6, 6.07) is 2.12. The summed E-state index contributed by atoms with van der Waals surface area (Å²) in [5.41, 5.74) is 3.46. The normalized spacial score (nSPS) is 11.1. The molecule has 1 N–H and O–H groups in total. The highest BCUT2D eigenvalue weighted by molar-refractivity contribution is 5.35. The van der Waals surface area contributed by atoms with E-state index in [0.717, 1.165) is 50.7 Å². The smallest absolute Gasteiger partial charge is 0.218 e. The van der Waals surface area contributed by atoms with Crippen LogP contribution in [0.4, 0.5) is 0 Å². The van der Waals surface area contributed by atoms with E-state index in [4.69, 9.17) is 4.74 Å². The van der Waals surface area contributed by atoms with Gasteiger partial charge in [0.15, 0.2) is 0 Å². The van der Waals surface area contributed by atoms with Gasteiger partial charge in [-0.2, -0.15) is 0 Å². The van der Waals surface area contributed by atoms with Crippen molar-refractivity contribution in [2.45, 2.75) is 40.2 Å². The molecular formula is C16H29N3O. The van der Waals surface area contributed by atoms with Crippen molar-refractivity contribution in [2.75, 3.05) is 33.8 Å². The molecule has 0 fully saturated rings. The van der Waals surface area contributed by atoms with Crippen LogP contribution in [0.15, 0.2) is 6.07 Å². The Hall–Kier alpha value is -1.13. The number of hydrogen-bond donors (Lipinski definition) is 1. The Bertz CT molecular complexity index is 405. The van der Waals surface area contributed by atoms with Crippen LogP contribution in [0.2, 0.25) is 0 Å². The first-order valence-corrected chi connectivity index (χ1v) is 7.50. The fraction of sp³-hybridized carbons (Fsp3) is 0.688. The molecule has 1 aromatic rings. The third-order valence-electron chi connectivity index (χ3n) is 3.15. The minimum atomic E-state index is 0.717. The third-order valence-corrected chi connectivity index (χ3v) is 3.15. The number of aromatic nitrogens is 1. The fourth-order valence-corrected chi connectivity index (χ4v) is 2.10. The van der Waals surface area contributed by atoms with Crippen molar-refractivity contribution in [3.05, 3.63) is 22.9 Å². The second-order valence-corrected chi connectivity index (χ2v) is 5.55. The zero-order valence-corrected chi connectivity index (χ0v) is 13.6. The largest absolute Gasteiger partial charge is 0.477 e. The Morgan fingerprint density at radius 1 is 1.30 bits per heavy atom. The van der Waals surface area contributed by atoms with Gasteiger partial charge < -0.3 is 15.0 Å². The Morgan fingerprint density at radius 2 is 2.05 bits per heavy atom. The van der Waals surface area contributed by atoms with Gasteiger partial charge in [-0.05, 0) is 59.0 Å². The minimum Gasteiger partial charge on any atom is -0.477 e. The molecule has 0 bridgehead atoms. The molecule has 1 heterocycles. The third kappa shape index (κ3) is 5.88. The Labute approximate surface area is 123 Å². The first kappa shape index (κ1) is 16.9. The van der Waals surface area contributed by atoms with Gasteiger partial charge in [0.25, 0.3) is 0 Å². The van der Waals surface area contributed by atoms with Gasteiger partial charge in [-0.3, -0.25) is 0 Å². The van der Waals surface area contributed by atoms with Gasteiger partial charge in [0.05, 0.1) is 6.61 Å². The number of hydrogen-bond acceptors (Lipinski definition) is 4. The first-order chi connectivity index (χ1) is 9.54. The maximum Gasteiger partial charge on any atom is 0.218 e. The molecule has 0 amide bonds. The molecule has 0 aliphatic carbocycles. The topological polar surface area (TPSA) is 37.4 Å². The van der Waals surface area contributed by atoms with Gasteiger partial charge in [0.2, 0.25) is 5.88 Å². The summed E-state index contributed by atoms with van der Waals surface area (Å²) in [5, 5.41) is 3.43. The fourth-order valence-electron chi connectivity index (χ4n) is 2.10. The average Bonchev–Trinajstić information content (AvgIpc) is 2.37. The maximum atomic E-state index is 5.90. The predicted octanol–water partition coefficient (Wildman–Crippen LogP) is 2.53. The number of pyridine rings is 1. The maximum absolute atomic E-state index is 5.90. The molecule has 1 rings (SSSR count). The van der Waals surface area contributed by atoms with Crippen LogP contribution in [0.5, 0.6) is 5.88 Å². The van der Waals surface area contributed by atoms with Gasteiger partial charge in [0, 0.05) is 24.3 Å². The van der Waals surface area contributed by atoms with E-state index in [1.807, 2.05) is 6.92 Å². The number of nitrogens with zero attached hydrogens (tertiary/aromatic N) is 2. The van der Waals surface area contributed by atoms with Crippen LogP contribution in [0, 0.1) is 13.8 Å². The van der Waals surface area contributed by atoms with E-state index in [-0.39, 0.29) is 0 Å². The lowest BCUT2D eigenvalue weighted by atomic mass is 10.1. The van der Waals surface area contributed by atoms with Crippen molar-refractivity contribution in [2.24, 2.45) is 0 Å². The molecule has 4 heteroatoms. The lowest BCUT2D eigenvalue weighted by Gasteiger charge is -2.15. The molecule has 4 nitrogen and oxygen atoms in total. The lowest BCUT2D eigenvalue weighted by molar-refractivity contribution is 0.269. The quantitative estimate of drug-likeness (QED) is 0.705. The van der Waals surface area contributed by atoms with E-state index in [9.17, 15) is 0 Å². The summed E-state index contributed by atoms with van der Waals surface area (Å²) in [6.45, 7) is 9.92. The molecule has 20 heavy (non-hydrogen) atoms. The predicted molar refractivity (Wildman–Crippen MR) is 84.4 cm³/mol. The second kappa shape index (κ2) is 8.93. The standard InChI is InChI=1S/C16H29N3O/c1-6-8-17-12-15-13(2)11-14(3)18-16(15)20-10-7-9-19(4)5/h11,17H,6-10,12H2,1-5H3. The molecule has 0 aromatic carbocycles. The average molecular weight is 279 g/mol. The summed E-state index contributed by atoms with van der Waals surface area (Å²) < 4.78 is 5.90. The lowest BCUT2D eigenvalue weighted by Crippen LogP contribution is -2.18. The zero-order chi connectivity index (χ0) is 15.0. The second-order valence-electron chi connectivity index (χ2n) is 5.55. The minimum absolute atomic E-state index is 0.717. The van der Waals surface area contributed by atoms with E-state index in [0.29, 0.717) is 0 Å². The molecule has 0 spiro atoms. The van der Waals surface area contributed by atoms with Gasteiger partial charge in [-0.25, -0.2) is 4.98 Å². The van der Waals surface area contributed by atoms with Crippen molar-refractivity contribution in [1.29, 1.82) is 0 Å². The molecule has 0 aliphatic heterocycles. The highest BCUT2D eigenvalue weighted by Crippen LogP contribution is 2.21. The molecule has 0 aliphatic rings. The summed E-state index contributed by atoms with van der Waals surface area (Å²) >= 11 is 0. The molecule has 0 saturated carbocycles. The molecular weight excluding hydrogens is 250 g/mol. The highest BCUT2D eigenvalue weighted by atomic mass is 16.5. The first-order valence-electron chi connectivity index (χ1n) is 7.50. The summed E-state index contributed by atoms with van der Waals surface area (Å²) in [5.74, 6) is 0.796. The van der Waals surface area contributed by atoms with Gasteiger partial charge in [-0.15, -0.1) is 0 Å². The summed E-state index contributed by atoms with van der Waals surface area (Å²) in [6.07, 6.45) is 2.15. The van der Waals surface area contributed by atoms with Crippen molar-refractivity contribution in [3.8, 4) is 5.88 Å². The van der Waals surface area contributed by atoms with Crippen LogP contribution in [0.1, 0.15) is 36.6 Å². The van der Waals surface area contributed by atoms with Gasteiger partial charge >= 0.3 is 0 Å². The van der Waals surface area contributed by atoms with Crippen LogP contribution >= 0.6 is 0 Å². The molecule has 114 valence electrons. The number of aryl methyl sites for hydroxylation is 2. The zero-order valence-electron chi connectivity index (χ0n) is 13.6. The highest BCUT2D eigenvalue weighted by Gasteiger charge is 2.10. The van der Waals surface area contributed by atoms with Crippen LogP contribution < -0.4 is 10.1 Å². The number of ether oxygens (including phenoxy) is 1. The van der Waals surface area contributed by atoms with E-state index in [1.54, 1.807) is 0 Å². The van der Waals surface area contributed by atoms with E-state index in [1.165, 1.54) is 11.1 Å². The SMILES string of the molecule is CCCNCc1c(C)cc(C)nc1OCCCN(C)C. The Morgan fingerprint density at radius 3 is 2.70 bits per heavy atom. The van der Waals surface area contributed by atoms with Gasteiger partial charge in [0.1, 0.15) is 0 Å². The van der Waals surface area contributed by atoms with E-state index >= 15 is 0 Å². The van der Waals surface area contributed by atoms with Crippen molar-refractivity contribution in [1.82, 2.24) is 15.2 Å². The van der Waals surface area contributed by atoms with Crippen molar-refractivity contribution >= 4 is 0 Å². The number of nitrogens with one attached hydrogen (secondary N) is 1. The van der Waals surface area contributed by atoms with Crippen LogP contribution in [0.25, 0.3) is 0 Å². The Balaban J connectivity index is 2.65. The van der Waals surface area contributed by atoms with E-state index < -0.39 is 0 Å². The van der Waals surface area contributed by atoms with Crippen LogP contribution in [0.3, 0.4) is 0 Å². The molecule has 1 aromatic heterocycles. The van der Waals surface area contributed by atoms with Crippen molar-refractivity contribution < 1.29 is 4.74 Å². The summed E-state index contributed by atoms with van der Waals surface area (Å²) in [7, 11) is 4.16. The molecule has 0 atom stereocenters. The Kier molecular flexibility index (Phi) is 7.55. The summed E-state index contributed by atoms with van der Waals surface area (Å²) in [4.78, 5) is 6.72. The van der Waals surface area contributed by atoms with Gasteiger partial charge in [-0.1, -0.05) is 6.92 Å². The van der Waals surface area contributed by atoms with Crippen molar-refractivity contribution in [3.63, 3.8) is 0 Å².